The Hall–Kier alpha value is -1.55. The number of hydrogen-bond donors (Lipinski definition) is 2. The Morgan fingerprint density at radius 2 is 2.24 bits per heavy atom. The van der Waals surface area contributed by atoms with E-state index in [-0.39, 0.29) is 11.9 Å². The summed E-state index contributed by atoms with van der Waals surface area (Å²) < 4.78 is 0. The van der Waals surface area contributed by atoms with Crippen molar-refractivity contribution in [1.29, 1.82) is 0 Å². The molecule has 21 heavy (non-hydrogen) atoms. The molecule has 3 N–H and O–H groups in total. The first-order valence-corrected chi connectivity index (χ1v) is 7.95. The molecular formula is C17H27N3O. The van der Waals surface area contributed by atoms with Crippen LogP contribution in [0.5, 0.6) is 0 Å². The number of anilines is 2. The van der Waals surface area contributed by atoms with Gasteiger partial charge in [0.05, 0.1) is 6.04 Å². The molecular weight excluding hydrogens is 262 g/mol. The number of nitrogens with one attached hydrogen (secondary N) is 1. The van der Waals surface area contributed by atoms with Crippen molar-refractivity contribution in [1.82, 2.24) is 4.90 Å². The number of carbonyl (C=O) groups excluding carboxylic acids is 1. The molecule has 1 aromatic rings. The van der Waals surface area contributed by atoms with Gasteiger partial charge in [0.2, 0.25) is 5.91 Å². The van der Waals surface area contributed by atoms with Crippen LogP contribution in [0, 0.1) is 6.92 Å². The molecule has 1 fully saturated rings. The van der Waals surface area contributed by atoms with Gasteiger partial charge in [0, 0.05) is 17.4 Å². The minimum atomic E-state index is -0.0993. The van der Waals surface area contributed by atoms with Crippen LogP contribution in [0.1, 0.15) is 45.1 Å². The number of rotatable bonds is 4. The molecule has 0 saturated carbocycles. The summed E-state index contributed by atoms with van der Waals surface area (Å²) in [7, 11) is 0. The van der Waals surface area contributed by atoms with Gasteiger partial charge in [-0.1, -0.05) is 19.4 Å². The van der Waals surface area contributed by atoms with Gasteiger partial charge in [-0.05, 0) is 57.4 Å². The number of carbonyl (C=O) groups is 1. The number of amides is 1. The lowest BCUT2D eigenvalue weighted by Crippen LogP contribution is -2.49. The molecule has 1 saturated heterocycles. The van der Waals surface area contributed by atoms with E-state index in [1.54, 1.807) is 0 Å². The molecule has 4 heteroatoms. The first kappa shape index (κ1) is 15.8. The summed E-state index contributed by atoms with van der Waals surface area (Å²) in [4.78, 5) is 14.8. The van der Waals surface area contributed by atoms with Crippen LogP contribution in [0.3, 0.4) is 0 Å². The lowest BCUT2D eigenvalue weighted by atomic mass is 9.98. The van der Waals surface area contributed by atoms with Crippen LogP contribution in [0.2, 0.25) is 0 Å². The Labute approximate surface area is 127 Å². The fourth-order valence-electron chi connectivity index (χ4n) is 3.09. The molecule has 0 radical (unpaired) electrons. The van der Waals surface area contributed by atoms with Gasteiger partial charge in [-0.15, -0.1) is 0 Å². The molecule has 1 aliphatic rings. The van der Waals surface area contributed by atoms with Gasteiger partial charge >= 0.3 is 0 Å². The molecule has 0 aromatic heterocycles. The molecule has 1 aromatic carbocycles. The van der Waals surface area contributed by atoms with Crippen molar-refractivity contribution in [3.8, 4) is 0 Å². The van der Waals surface area contributed by atoms with Crippen LogP contribution in [-0.4, -0.2) is 29.4 Å². The number of likely N-dealkylation sites (tertiary alicyclic amines) is 1. The van der Waals surface area contributed by atoms with Crippen molar-refractivity contribution in [3.05, 3.63) is 23.8 Å². The van der Waals surface area contributed by atoms with Crippen LogP contribution in [0.25, 0.3) is 0 Å². The second-order valence-electron chi connectivity index (χ2n) is 6.03. The predicted molar refractivity (Wildman–Crippen MR) is 88.3 cm³/mol. The van der Waals surface area contributed by atoms with E-state index in [1.165, 1.54) is 19.3 Å². The number of aryl methyl sites for hydroxylation is 1. The van der Waals surface area contributed by atoms with Crippen LogP contribution in [0.4, 0.5) is 11.4 Å². The van der Waals surface area contributed by atoms with E-state index in [1.807, 2.05) is 32.0 Å². The van der Waals surface area contributed by atoms with Crippen molar-refractivity contribution in [2.75, 3.05) is 17.6 Å². The third kappa shape index (κ3) is 3.76. The lowest BCUT2D eigenvalue weighted by Gasteiger charge is -2.38. The van der Waals surface area contributed by atoms with Crippen molar-refractivity contribution >= 4 is 17.3 Å². The smallest absolute Gasteiger partial charge is 0.241 e. The zero-order valence-electron chi connectivity index (χ0n) is 13.4. The van der Waals surface area contributed by atoms with Crippen molar-refractivity contribution in [3.63, 3.8) is 0 Å². The minimum Gasteiger partial charge on any atom is -0.398 e. The van der Waals surface area contributed by atoms with Crippen LogP contribution >= 0.6 is 0 Å². The summed E-state index contributed by atoms with van der Waals surface area (Å²) in [6, 6.07) is 6.10. The van der Waals surface area contributed by atoms with Gasteiger partial charge in [-0.25, -0.2) is 0 Å². The Morgan fingerprint density at radius 1 is 1.48 bits per heavy atom. The maximum absolute atomic E-state index is 12.5. The summed E-state index contributed by atoms with van der Waals surface area (Å²) in [5.41, 5.74) is 8.42. The molecule has 116 valence electrons. The van der Waals surface area contributed by atoms with Gasteiger partial charge in [0.15, 0.2) is 0 Å². The normalized spacial score (nSPS) is 21.0. The minimum absolute atomic E-state index is 0.0543. The molecule has 2 atom stereocenters. The highest BCUT2D eigenvalue weighted by Gasteiger charge is 2.29. The first-order chi connectivity index (χ1) is 10.0. The Kier molecular flexibility index (Phi) is 5.23. The Morgan fingerprint density at radius 3 is 2.90 bits per heavy atom. The zero-order chi connectivity index (χ0) is 15.4. The number of nitrogens with two attached hydrogens (primary N) is 1. The number of nitrogen functional groups attached to an aromatic ring is 1. The fraction of sp³-hybridized carbons (Fsp3) is 0.588. The topological polar surface area (TPSA) is 58.4 Å². The fourth-order valence-corrected chi connectivity index (χ4v) is 3.09. The Bertz CT molecular complexity index is 501. The molecule has 1 aliphatic heterocycles. The second-order valence-corrected chi connectivity index (χ2v) is 6.03. The zero-order valence-corrected chi connectivity index (χ0v) is 13.4. The van der Waals surface area contributed by atoms with E-state index >= 15 is 0 Å². The molecule has 2 rings (SSSR count). The third-order valence-electron chi connectivity index (χ3n) is 4.57. The quantitative estimate of drug-likeness (QED) is 0.837. The van der Waals surface area contributed by atoms with Crippen LogP contribution < -0.4 is 11.1 Å². The van der Waals surface area contributed by atoms with Gasteiger partial charge in [-0.3, -0.25) is 9.69 Å². The second kappa shape index (κ2) is 6.94. The maximum atomic E-state index is 12.5. The molecule has 1 amide bonds. The molecule has 1 heterocycles. The van der Waals surface area contributed by atoms with E-state index in [9.17, 15) is 4.79 Å². The summed E-state index contributed by atoms with van der Waals surface area (Å²) in [6.07, 6.45) is 4.77. The standard InChI is InChI=1S/C17H27N3O/c1-4-15-7-5-6-10-20(15)13(3)17(21)19-14-9-8-12(2)16(18)11-14/h8-9,11,13,15H,4-7,10,18H2,1-3H3,(H,19,21). The number of piperidine rings is 1. The highest BCUT2D eigenvalue weighted by molar-refractivity contribution is 5.95. The van der Waals surface area contributed by atoms with Gasteiger partial charge in [0.25, 0.3) is 0 Å². The molecule has 0 bridgehead atoms. The SMILES string of the molecule is CCC1CCCCN1C(C)C(=O)Nc1ccc(C)c(N)c1. The molecule has 2 unspecified atom stereocenters. The van der Waals surface area contributed by atoms with E-state index in [0.717, 1.165) is 24.2 Å². The highest BCUT2D eigenvalue weighted by atomic mass is 16.2. The summed E-state index contributed by atoms with van der Waals surface area (Å²) >= 11 is 0. The van der Waals surface area contributed by atoms with E-state index in [4.69, 9.17) is 5.73 Å². The molecule has 0 spiro atoms. The van der Waals surface area contributed by atoms with E-state index < -0.39 is 0 Å². The monoisotopic (exact) mass is 289 g/mol. The van der Waals surface area contributed by atoms with Crippen molar-refractivity contribution in [2.45, 2.75) is 58.5 Å². The maximum Gasteiger partial charge on any atom is 0.241 e. The third-order valence-corrected chi connectivity index (χ3v) is 4.57. The largest absolute Gasteiger partial charge is 0.398 e. The lowest BCUT2D eigenvalue weighted by molar-refractivity contribution is -0.122. The Balaban J connectivity index is 2.02. The average molecular weight is 289 g/mol. The molecule has 4 nitrogen and oxygen atoms in total. The first-order valence-electron chi connectivity index (χ1n) is 7.95. The average Bonchev–Trinajstić information content (AvgIpc) is 2.50. The van der Waals surface area contributed by atoms with Crippen molar-refractivity contribution < 1.29 is 4.79 Å². The number of nitrogens with zero attached hydrogens (tertiary/aromatic N) is 1. The van der Waals surface area contributed by atoms with Crippen LogP contribution in [0.15, 0.2) is 18.2 Å². The number of benzene rings is 1. The van der Waals surface area contributed by atoms with E-state index in [2.05, 4.69) is 17.1 Å². The predicted octanol–water partition coefficient (Wildman–Crippen LogP) is 3.17. The van der Waals surface area contributed by atoms with Crippen LogP contribution in [-0.2, 0) is 4.79 Å². The van der Waals surface area contributed by atoms with Gasteiger partial charge in [-0.2, -0.15) is 0 Å². The molecule has 0 aliphatic carbocycles. The highest BCUT2D eigenvalue weighted by Crippen LogP contribution is 2.23. The van der Waals surface area contributed by atoms with Gasteiger partial charge in [0.1, 0.15) is 0 Å². The van der Waals surface area contributed by atoms with Gasteiger partial charge < -0.3 is 11.1 Å². The summed E-state index contributed by atoms with van der Waals surface area (Å²) in [6.45, 7) is 7.18. The van der Waals surface area contributed by atoms with E-state index in [0.29, 0.717) is 11.7 Å². The van der Waals surface area contributed by atoms with Crippen molar-refractivity contribution in [2.24, 2.45) is 0 Å². The summed E-state index contributed by atoms with van der Waals surface area (Å²) in [5, 5.41) is 2.99. The summed E-state index contributed by atoms with van der Waals surface area (Å²) in [5.74, 6) is 0.0543. The number of hydrogen-bond acceptors (Lipinski definition) is 3.